The van der Waals surface area contributed by atoms with Crippen molar-refractivity contribution >= 4 is 29.3 Å². The van der Waals surface area contributed by atoms with Crippen LogP contribution in [-0.4, -0.2) is 90.2 Å². The molecule has 1 unspecified atom stereocenters. The fourth-order valence-electron chi connectivity index (χ4n) is 5.25. The molecule has 0 bridgehead atoms. The second-order valence-corrected chi connectivity index (χ2v) is 9.93. The summed E-state index contributed by atoms with van der Waals surface area (Å²) >= 11 is 6.25. The Morgan fingerprint density at radius 2 is 1.56 bits per heavy atom. The second-order valence-electron chi connectivity index (χ2n) is 9.52. The highest BCUT2D eigenvalue weighted by Gasteiger charge is 2.55. The lowest BCUT2D eigenvalue weighted by Crippen LogP contribution is -2.60. The first-order valence-electron chi connectivity index (χ1n) is 12.3. The monoisotopic (exact) mass is 511 g/mol. The van der Waals surface area contributed by atoms with E-state index in [1.165, 1.54) is 0 Å². The van der Waals surface area contributed by atoms with E-state index in [-0.39, 0.29) is 24.3 Å². The van der Waals surface area contributed by atoms with Crippen molar-refractivity contribution in [3.63, 3.8) is 0 Å². The molecule has 3 amide bonds. The SMILES string of the molecule is Cc1ccc(C(=O)N2C(C(=O)N3CCOCC3)COC23CCN(C(=O)c2ccccc2Cl)CC3)cc1. The number of morpholine rings is 1. The molecule has 3 aliphatic rings. The molecular formula is C27H30ClN3O5. The Kier molecular flexibility index (Phi) is 7.01. The zero-order valence-electron chi connectivity index (χ0n) is 20.3. The lowest BCUT2D eigenvalue weighted by atomic mass is 9.95. The van der Waals surface area contributed by atoms with Crippen molar-refractivity contribution in [3.8, 4) is 0 Å². The van der Waals surface area contributed by atoms with Crippen molar-refractivity contribution in [3.05, 3.63) is 70.2 Å². The number of hydrogen-bond donors (Lipinski definition) is 0. The summed E-state index contributed by atoms with van der Waals surface area (Å²) in [5, 5.41) is 0.409. The van der Waals surface area contributed by atoms with Crippen LogP contribution in [0.4, 0.5) is 0 Å². The highest BCUT2D eigenvalue weighted by atomic mass is 35.5. The lowest BCUT2D eigenvalue weighted by molar-refractivity contribution is -0.141. The highest BCUT2D eigenvalue weighted by Crippen LogP contribution is 2.39. The van der Waals surface area contributed by atoms with Gasteiger partial charge in [0, 0.05) is 44.6 Å². The normalized spacial score (nSPS) is 21.6. The third-order valence-corrected chi connectivity index (χ3v) is 7.65. The third kappa shape index (κ3) is 4.61. The van der Waals surface area contributed by atoms with Gasteiger partial charge >= 0.3 is 0 Å². The molecule has 3 saturated heterocycles. The number of carbonyl (C=O) groups is 3. The van der Waals surface area contributed by atoms with Crippen LogP contribution in [-0.2, 0) is 14.3 Å². The Balaban J connectivity index is 1.40. The number of nitrogens with zero attached hydrogens (tertiary/aromatic N) is 3. The number of halogens is 1. The van der Waals surface area contributed by atoms with E-state index in [1.54, 1.807) is 51.1 Å². The molecule has 0 radical (unpaired) electrons. The van der Waals surface area contributed by atoms with Gasteiger partial charge in [0.1, 0.15) is 11.8 Å². The Bertz CT molecular complexity index is 1140. The van der Waals surface area contributed by atoms with Gasteiger partial charge in [-0.3, -0.25) is 19.3 Å². The Labute approximate surface area is 215 Å². The molecule has 3 aliphatic heterocycles. The minimum atomic E-state index is -0.953. The van der Waals surface area contributed by atoms with E-state index < -0.39 is 11.8 Å². The van der Waals surface area contributed by atoms with Crippen LogP contribution in [0.2, 0.25) is 5.02 Å². The molecule has 2 aromatic carbocycles. The fraction of sp³-hybridized carbons (Fsp3) is 0.444. The molecule has 190 valence electrons. The number of aryl methyl sites for hydroxylation is 1. The van der Waals surface area contributed by atoms with Crippen LogP contribution in [0.25, 0.3) is 0 Å². The van der Waals surface area contributed by atoms with Gasteiger partial charge in [0.25, 0.3) is 11.8 Å². The first kappa shape index (κ1) is 24.7. The second kappa shape index (κ2) is 10.2. The largest absolute Gasteiger partial charge is 0.378 e. The van der Waals surface area contributed by atoms with Gasteiger partial charge in [0.2, 0.25) is 5.91 Å². The number of ether oxygens (including phenoxy) is 2. The van der Waals surface area contributed by atoms with Gasteiger partial charge in [-0.2, -0.15) is 0 Å². The number of hydrogen-bond acceptors (Lipinski definition) is 5. The van der Waals surface area contributed by atoms with Gasteiger partial charge in [-0.25, -0.2) is 0 Å². The molecule has 2 aromatic rings. The molecule has 0 N–H and O–H groups in total. The molecule has 0 aliphatic carbocycles. The van der Waals surface area contributed by atoms with E-state index in [1.807, 2.05) is 19.1 Å². The number of rotatable bonds is 3. The van der Waals surface area contributed by atoms with Gasteiger partial charge in [-0.1, -0.05) is 41.4 Å². The van der Waals surface area contributed by atoms with Crippen molar-refractivity contribution in [2.75, 3.05) is 46.0 Å². The van der Waals surface area contributed by atoms with Crippen LogP contribution in [0, 0.1) is 6.92 Å². The predicted octanol–water partition coefficient (Wildman–Crippen LogP) is 2.98. The lowest BCUT2D eigenvalue weighted by Gasteiger charge is -2.45. The maximum Gasteiger partial charge on any atom is 0.256 e. The van der Waals surface area contributed by atoms with Crippen LogP contribution in [0.15, 0.2) is 48.5 Å². The summed E-state index contributed by atoms with van der Waals surface area (Å²) in [6, 6.07) is 13.6. The maximum atomic E-state index is 13.9. The summed E-state index contributed by atoms with van der Waals surface area (Å²) in [5.74, 6) is -0.499. The summed E-state index contributed by atoms with van der Waals surface area (Å²) in [6.07, 6.45) is 0.821. The Morgan fingerprint density at radius 3 is 2.22 bits per heavy atom. The number of carbonyl (C=O) groups excluding carboxylic acids is 3. The Hall–Kier alpha value is -2.94. The van der Waals surface area contributed by atoms with E-state index in [9.17, 15) is 14.4 Å². The molecule has 3 heterocycles. The molecular weight excluding hydrogens is 482 g/mol. The number of likely N-dealkylation sites (tertiary alicyclic amines) is 1. The van der Waals surface area contributed by atoms with Crippen LogP contribution in [0.5, 0.6) is 0 Å². The van der Waals surface area contributed by atoms with E-state index in [0.717, 1.165) is 5.56 Å². The topological polar surface area (TPSA) is 79.4 Å². The molecule has 0 saturated carbocycles. The van der Waals surface area contributed by atoms with E-state index in [4.69, 9.17) is 21.1 Å². The number of benzene rings is 2. The summed E-state index contributed by atoms with van der Waals surface area (Å²) in [4.78, 5) is 45.7. The minimum absolute atomic E-state index is 0.120. The number of piperidine rings is 1. The summed E-state index contributed by atoms with van der Waals surface area (Å²) in [6.45, 7) is 4.83. The van der Waals surface area contributed by atoms with Crippen molar-refractivity contribution in [1.29, 1.82) is 0 Å². The van der Waals surface area contributed by atoms with Crippen LogP contribution >= 0.6 is 11.6 Å². The average molecular weight is 512 g/mol. The molecule has 3 fully saturated rings. The van der Waals surface area contributed by atoms with Crippen molar-refractivity contribution in [1.82, 2.24) is 14.7 Å². The predicted molar refractivity (Wildman–Crippen MR) is 134 cm³/mol. The molecule has 1 atom stereocenters. The highest BCUT2D eigenvalue weighted by molar-refractivity contribution is 6.33. The first-order chi connectivity index (χ1) is 17.4. The molecule has 1 spiro atoms. The Morgan fingerprint density at radius 1 is 0.889 bits per heavy atom. The fourth-order valence-corrected chi connectivity index (χ4v) is 5.47. The first-order valence-corrected chi connectivity index (χ1v) is 12.7. The van der Waals surface area contributed by atoms with Crippen molar-refractivity contribution in [2.45, 2.75) is 31.5 Å². The van der Waals surface area contributed by atoms with Gasteiger partial charge in [-0.15, -0.1) is 0 Å². The standard InChI is InChI=1S/C27H30ClN3O5/c1-19-6-8-20(9-7-19)24(32)31-23(26(34)30-14-16-35-17-15-30)18-36-27(31)10-12-29(13-11-27)25(33)21-4-2-3-5-22(21)28/h2-9,23H,10-18H2,1H3. The molecule has 5 rings (SSSR count). The van der Waals surface area contributed by atoms with Crippen LogP contribution in [0.1, 0.15) is 39.1 Å². The van der Waals surface area contributed by atoms with Gasteiger partial charge in [-0.05, 0) is 31.2 Å². The van der Waals surface area contributed by atoms with Crippen molar-refractivity contribution in [2.24, 2.45) is 0 Å². The summed E-state index contributed by atoms with van der Waals surface area (Å²) in [7, 11) is 0. The van der Waals surface area contributed by atoms with E-state index in [2.05, 4.69) is 0 Å². The summed E-state index contributed by atoms with van der Waals surface area (Å²) < 4.78 is 11.7. The third-order valence-electron chi connectivity index (χ3n) is 7.32. The zero-order valence-corrected chi connectivity index (χ0v) is 21.1. The van der Waals surface area contributed by atoms with E-state index in [0.29, 0.717) is 68.4 Å². The van der Waals surface area contributed by atoms with Crippen molar-refractivity contribution < 1.29 is 23.9 Å². The van der Waals surface area contributed by atoms with Gasteiger partial charge in [0.05, 0.1) is 30.4 Å². The average Bonchev–Trinajstić information content (AvgIpc) is 3.27. The zero-order chi connectivity index (χ0) is 25.3. The molecule has 9 heteroatoms. The van der Waals surface area contributed by atoms with E-state index >= 15 is 0 Å². The molecule has 8 nitrogen and oxygen atoms in total. The van der Waals surface area contributed by atoms with Gasteiger partial charge < -0.3 is 19.3 Å². The maximum absolute atomic E-state index is 13.9. The minimum Gasteiger partial charge on any atom is -0.378 e. The number of amides is 3. The molecule has 0 aromatic heterocycles. The summed E-state index contributed by atoms with van der Waals surface area (Å²) in [5.41, 5.74) is 1.06. The van der Waals surface area contributed by atoms with Crippen LogP contribution in [0.3, 0.4) is 0 Å². The van der Waals surface area contributed by atoms with Gasteiger partial charge in [0.15, 0.2) is 0 Å². The smallest absolute Gasteiger partial charge is 0.256 e. The quantitative estimate of drug-likeness (QED) is 0.633. The van der Waals surface area contributed by atoms with Crippen LogP contribution < -0.4 is 0 Å². The molecule has 36 heavy (non-hydrogen) atoms.